The number of hydrogen-bond donors (Lipinski definition) is 0. The Morgan fingerprint density at radius 3 is 1.90 bits per heavy atom. The Balaban J connectivity index is 0.00000612. The summed E-state index contributed by atoms with van der Waals surface area (Å²) in [5.41, 5.74) is 3.95. The average molecular weight is 985 g/mol. The van der Waals surface area contributed by atoms with Gasteiger partial charge < -0.3 is 4.57 Å². The van der Waals surface area contributed by atoms with E-state index in [4.69, 9.17) is 7.73 Å². The van der Waals surface area contributed by atoms with Crippen molar-refractivity contribution in [3.63, 3.8) is 0 Å². The molecule has 0 N–H and O–H groups in total. The number of para-hydroxylation sites is 3. The van der Waals surface area contributed by atoms with Crippen LogP contribution in [-0.4, -0.2) is 20.5 Å². The van der Waals surface area contributed by atoms with Crippen LogP contribution in [0.25, 0.3) is 27.8 Å². The van der Waals surface area contributed by atoms with Gasteiger partial charge in [-0.05, 0) is 56.1 Å². The van der Waals surface area contributed by atoms with Crippen molar-refractivity contribution in [2.24, 2.45) is 0 Å². The van der Waals surface area contributed by atoms with Crippen LogP contribution in [-0.2, 0) is 48.6 Å². The van der Waals surface area contributed by atoms with E-state index in [-0.39, 0.29) is 61.2 Å². The fraction of sp³-hybridized carbons (Fsp3) is 0.327. The fourth-order valence-electron chi connectivity index (χ4n) is 7.76. The summed E-state index contributed by atoms with van der Waals surface area (Å²) in [7, 11) is 0. The number of benzene rings is 4. The van der Waals surface area contributed by atoms with Gasteiger partial charge >= 0.3 is 27.1 Å². The maximum atomic E-state index is 17.7. The van der Waals surface area contributed by atoms with Crippen LogP contribution in [0.2, 0.25) is 0 Å². The van der Waals surface area contributed by atoms with E-state index in [0.717, 1.165) is 22.4 Å². The fourth-order valence-corrected chi connectivity index (χ4v) is 7.76. The number of halogens is 2. The summed E-state index contributed by atoms with van der Waals surface area (Å²) in [4.78, 5) is 9.35. The molecule has 3 aromatic heterocycles. The molecule has 0 bridgehead atoms. The molecule has 308 valence electrons. The Kier molecular flexibility index (Phi) is 9.36. The molecule has 0 unspecified atom stereocenters. The van der Waals surface area contributed by atoms with E-state index in [9.17, 15) is 2.74 Å². The van der Waals surface area contributed by atoms with Gasteiger partial charge in [-0.15, -0.1) is 11.6 Å². The van der Waals surface area contributed by atoms with Gasteiger partial charge in [0.15, 0.2) is 0 Å². The smallest absolute Gasteiger partial charge is 0.318 e. The summed E-state index contributed by atoms with van der Waals surface area (Å²) in [6.45, 7) is 24.7. The minimum absolute atomic E-state index is 0. The molecule has 8 heteroatoms. The molecule has 8 rings (SSSR count). The molecule has 0 atom stereocenters. The van der Waals surface area contributed by atoms with Crippen LogP contribution < -0.4 is 9.15 Å². The summed E-state index contributed by atoms with van der Waals surface area (Å²) >= 11 is 0. The summed E-state index contributed by atoms with van der Waals surface area (Å²) in [5, 5.41) is 0.651. The molecule has 0 spiro atoms. The topological polar surface area (TPSA) is 36.7 Å². The second kappa shape index (κ2) is 14.8. The molecular formula is C52H53F2N5Pt+2. The van der Waals surface area contributed by atoms with Crippen molar-refractivity contribution in [3.05, 3.63) is 149 Å². The summed E-state index contributed by atoms with van der Waals surface area (Å²) in [6.07, 6.45) is 3.41. The standard InChI is InChI=1S/C52H53F2N5.Pt/c1-48(2,3)33-24-26-55-45(31-33)59-43-21-16-25-56-46(43)38-23-22-34(30-44(38)59)52(53,54)36-27-35(49(4,5)6)28-37(29-36)57-32-58(42-20-14-13-19-41(42)57)47-39(50(7,8)9)17-15-18-40(47)51(10,11)12;/h13-28,31H,1-12H3;/q;+2/i13D,14D,19D,20D;. The Morgan fingerprint density at radius 1 is 0.650 bits per heavy atom. The van der Waals surface area contributed by atoms with Gasteiger partial charge in [0.1, 0.15) is 11.5 Å². The van der Waals surface area contributed by atoms with Crippen molar-refractivity contribution in [2.45, 2.75) is 111 Å². The quantitative estimate of drug-likeness (QED) is 0.127. The van der Waals surface area contributed by atoms with Crippen LogP contribution in [0.1, 0.15) is 122 Å². The second-order valence-corrected chi connectivity index (χ2v) is 19.7. The summed E-state index contributed by atoms with van der Waals surface area (Å²) in [6, 6.07) is 28.1. The largest absolute Gasteiger partial charge is 2.00 e. The SMILES string of the molecule is [2H]c1c([2H])c([2H])c2c(c1[2H])[N+](c1[c-]c(C(F)(F)c3[c-]c4c(cc3)c3ncccc3n4-c3cc(C(C)(C)C)ccn3)cc(C(C)(C)C)c1)=C=[N+]2c1c(C(C)(C)C)cccc1C(C)(C)C.[Pt+2]. The first kappa shape index (κ1) is 37.9. The summed E-state index contributed by atoms with van der Waals surface area (Å²) in [5.74, 6) is -3.08. The second-order valence-electron chi connectivity index (χ2n) is 19.7. The normalized spacial score (nSPS) is 14.6. The van der Waals surface area contributed by atoms with Crippen molar-refractivity contribution in [1.29, 1.82) is 0 Å². The van der Waals surface area contributed by atoms with Crippen molar-refractivity contribution >= 4 is 50.7 Å². The molecule has 4 aromatic carbocycles. The zero-order chi connectivity index (χ0) is 45.9. The minimum Gasteiger partial charge on any atom is -0.318 e. The molecule has 0 amide bonds. The van der Waals surface area contributed by atoms with Crippen LogP contribution in [0.5, 0.6) is 0 Å². The molecule has 0 saturated carbocycles. The number of fused-ring (bicyclic) bond motifs is 4. The Labute approximate surface area is 373 Å². The molecule has 0 fully saturated rings. The maximum absolute atomic E-state index is 17.7. The van der Waals surface area contributed by atoms with Crippen molar-refractivity contribution in [3.8, 4) is 5.82 Å². The molecule has 1 aliphatic rings. The third-order valence-electron chi connectivity index (χ3n) is 11.1. The Bertz CT molecular complexity index is 3090. The van der Waals surface area contributed by atoms with Crippen LogP contribution in [0.15, 0.2) is 103 Å². The zero-order valence-corrected chi connectivity index (χ0v) is 38.6. The summed E-state index contributed by atoms with van der Waals surface area (Å²) < 4.78 is 76.4. The van der Waals surface area contributed by atoms with Crippen molar-refractivity contribution in [1.82, 2.24) is 23.7 Å². The molecule has 0 saturated heterocycles. The van der Waals surface area contributed by atoms with Gasteiger partial charge in [0, 0.05) is 41.1 Å². The molecule has 60 heavy (non-hydrogen) atoms. The first-order chi connectivity index (χ1) is 29.2. The van der Waals surface area contributed by atoms with Crippen LogP contribution in [0.3, 0.4) is 0 Å². The van der Waals surface area contributed by atoms with E-state index in [1.165, 1.54) is 16.7 Å². The van der Waals surface area contributed by atoms with Gasteiger partial charge in [-0.3, -0.25) is 4.98 Å². The first-order valence-corrected chi connectivity index (χ1v) is 20.1. The minimum atomic E-state index is -3.64. The third kappa shape index (κ3) is 7.50. The molecule has 0 aliphatic carbocycles. The van der Waals surface area contributed by atoms with E-state index in [0.29, 0.717) is 33.3 Å². The van der Waals surface area contributed by atoms with Gasteiger partial charge in [-0.2, -0.15) is 18.2 Å². The van der Waals surface area contributed by atoms with Gasteiger partial charge in [0.2, 0.25) is 5.69 Å². The first-order valence-electron chi connectivity index (χ1n) is 22.1. The van der Waals surface area contributed by atoms with Crippen molar-refractivity contribution < 1.29 is 35.3 Å². The molecule has 5 nitrogen and oxygen atoms in total. The van der Waals surface area contributed by atoms with Crippen molar-refractivity contribution in [2.75, 3.05) is 0 Å². The van der Waals surface area contributed by atoms with Crippen LogP contribution in [0, 0.1) is 12.1 Å². The van der Waals surface area contributed by atoms with E-state index >= 15 is 8.78 Å². The maximum Gasteiger partial charge on any atom is 2.00 e. The molecule has 1 aliphatic heterocycles. The van der Waals surface area contributed by atoms with E-state index in [1.807, 2.05) is 67.8 Å². The van der Waals surface area contributed by atoms with Gasteiger partial charge in [-0.1, -0.05) is 152 Å². The number of pyridine rings is 2. The molecule has 7 aromatic rings. The predicted octanol–water partition coefficient (Wildman–Crippen LogP) is 13.4. The Hall–Kier alpha value is -5.09. The number of alkyl halides is 2. The monoisotopic (exact) mass is 984 g/mol. The third-order valence-corrected chi connectivity index (χ3v) is 11.1. The number of nitrogens with zero attached hydrogens (tertiary/aromatic N) is 5. The predicted molar refractivity (Wildman–Crippen MR) is 239 cm³/mol. The van der Waals surface area contributed by atoms with Crippen LogP contribution in [0.4, 0.5) is 31.5 Å². The van der Waals surface area contributed by atoms with E-state index in [2.05, 4.69) is 85.4 Å². The number of aromatic nitrogens is 3. The van der Waals surface area contributed by atoms with Crippen LogP contribution >= 0.6 is 0 Å². The molecular weight excluding hydrogens is 928 g/mol. The van der Waals surface area contributed by atoms with Gasteiger partial charge in [0.25, 0.3) is 17.3 Å². The average Bonchev–Trinajstić information content (AvgIpc) is 3.77. The molecule has 0 radical (unpaired) electrons. The van der Waals surface area contributed by atoms with E-state index < -0.39 is 39.8 Å². The molecule has 4 heterocycles. The number of hydrogen-bond acceptors (Lipinski definition) is 2. The van der Waals surface area contributed by atoms with Gasteiger partial charge in [-0.25, -0.2) is 13.8 Å². The zero-order valence-electron chi connectivity index (χ0n) is 40.3. The van der Waals surface area contributed by atoms with E-state index in [1.54, 1.807) is 29.1 Å². The van der Waals surface area contributed by atoms with Gasteiger partial charge in [0.05, 0.1) is 11.0 Å². The number of rotatable bonds is 5. The Morgan fingerprint density at radius 2 is 1.28 bits per heavy atom.